The Morgan fingerprint density at radius 2 is 1.54 bits per heavy atom. The Kier molecular flexibility index (Phi) is 5.87. The predicted octanol–water partition coefficient (Wildman–Crippen LogP) is 3.93. The van der Waals surface area contributed by atoms with Gasteiger partial charge in [0.25, 0.3) is 0 Å². The number of furan rings is 1. The largest absolute Gasteiger partial charge is 0.465 e. The molecule has 1 amide bonds. The third-order valence-corrected chi connectivity index (χ3v) is 4.21. The van der Waals surface area contributed by atoms with Gasteiger partial charge in [0.15, 0.2) is 0 Å². The zero-order chi connectivity index (χ0) is 18.4. The number of likely N-dealkylation sites (N-methyl/N-ethyl adjacent to an activating group) is 1. The summed E-state index contributed by atoms with van der Waals surface area (Å²) in [5.74, 6) is 1.72. The lowest BCUT2D eigenvalue weighted by Gasteiger charge is -2.22. The Hall–Kier alpha value is -2.85. The van der Waals surface area contributed by atoms with E-state index in [-0.39, 0.29) is 11.9 Å². The van der Waals surface area contributed by atoms with Gasteiger partial charge in [-0.1, -0.05) is 60.7 Å². The number of rotatable bonds is 7. The number of amides is 1. The Morgan fingerprint density at radius 1 is 0.962 bits per heavy atom. The van der Waals surface area contributed by atoms with Crippen molar-refractivity contribution < 1.29 is 9.21 Å². The van der Waals surface area contributed by atoms with Crippen molar-refractivity contribution in [2.75, 3.05) is 13.6 Å². The molecule has 3 rings (SSSR count). The molecule has 0 aliphatic rings. The second kappa shape index (κ2) is 8.50. The first kappa shape index (κ1) is 18.0. The second-order valence-electron chi connectivity index (χ2n) is 6.51. The van der Waals surface area contributed by atoms with Crippen LogP contribution in [0.1, 0.15) is 28.7 Å². The van der Waals surface area contributed by atoms with Gasteiger partial charge in [0.1, 0.15) is 11.5 Å². The highest BCUT2D eigenvalue weighted by molar-refractivity contribution is 5.79. The Labute approximate surface area is 154 Å². The van der Waals surface area contributed by atoms with Crippen molar-refractivity contribution in [3.8, 4) is 0 Å². The first-order valence-electron chi connectivity index (χ1n) is 8.75. The van der Waals surface area contributed by atoms with Crippen LogP contribution in [0.2, 0.25) is 0 Å². The van der Waals surface area contributed by atoms with E-state index in [1.807, 2.05) is 91.7 Å². The first-order chi connectivity index (χ1) is 12.6. The summed E-state index contributed by atoms with van der Waals surface area (Å²) < 4.78 is 5.58. The van der Waals surface area contributed by atoms with E-state index in [2.05, 4.69) is 5.32 Å². The molecule has 134 valence electrons. The van der Waals surface area contributed by atoms with Crippen LogP contribution in [0.5, 0.6) is 0 Å². The van der Waals surface area contributed by atoms with Crippen molar-refractivity contribution in [2.24, 2.45) is 0 Å². The van der Waals surface area contributed by atoms with Gasteiger partial charge in [0.2, 0.25) is 5.91 Å². The summed E-state index contributed by atoms with van der Waals surface area (Å²) in [6, 6.07) is 23.8. The van der Waals surface area contributed by atoms with Crippen molar-refractivity contribution in [2.45, 2.75) is 19.5 Å². The van der Waals surface area contributed by atoms with Crippen LogP contribution in [0.3, 0.4) is 0 Å². The SMILES string of the molecule is Cc1ccc(CN(C)CC(=O)NC(c2ccccc2)c2ccccc2)o1. The van der Waals surface area contributed by atoms with Crippen LogP contribution in [-0.2, 0) is 11.3 Å². The molecule has 0 spiro atoms. The number of nitrogens with zero attached hydrogens (tertiary/aromatic N) is 1. The highest BCUT2D eigenvalue weighted by Gasteiger charge is 2.17. The molecule has 1 heterocycles. The Morgan fingerprint density at radius 3 is 2.04 bits per heavy atom. The van der Waals surface area contributed by atoms with E-state index in [0.29, 0.717) is 13.1 Å². The summed E-state index contributed by atoms with van der Waals surface area (Å²) in [6.45, 7) is 2.82. The predicted molar refractivity (Wildman–Crippen MR) is 103 cm³/mol. The fourth-order valence-corrected chi connectivity index (χ4v) is 2.99. The summed E-state index contributed by atoms with van der Waals surface area (Å²) >= 11 is 0. The van der Waals surface area contributed by atoms with Gasteiger partial charge in [-0.3, -0.25) is 9.69 Å². The van der Waals surface area contributed by atoms with E-state index in [1.165, 1.54) is 0 Å². The van der Waals surface area contributed by atoms with E-state index in [9.17, 15) is 4.79 Å². The molecule has 0 saturated carbocycles. The molecule has 0 saturated heterocycles. The van der Waals surface area contributed by atoms with Gasteiger partial charge in [-0.2, -0.15) is 0 Å². The maximum atomic E-state index is 12.6. The average molecular weight is 348 g/mol. The number of aryl methyl sites for hydroxylation is 1. The number of hydrogen-bond acceptors (Lipinski definition) is 3. The smallest absolute Gasteiger partial charge is 0.234 e. The molecule has 2 aromatic carbocycles. The Balaban J connectivity index is 1.67. The van der Waals surface area contributed by atoms with Crippen LogP contribution >= 0.6 is 0 Å². The molecule has 0 aliphatic carbocycles. The van der Waals surface area contributed by atoms with Crippen LogP contribution in [0.15, 0.2) is 77.2 Å². The normalized spacial score (nSPS) is 11.1. The molecule has 4 nitrogen and oxygen atoms in total. The standard InChI is InChI=1S/C22H24N2O2/c1-17-13-14-20(26-17)15-24(2)16-21(25)23-22(18-9-5-3-6-10-18)19-11-7-4-8-12-19/h3-14,22H,15-16H2,1-2H3,(H,23,25). The molecule has 0 fully saturated rings. The molecular formula is C22H24N2O2. The van der Waals surface area contributed by atoms with E-state index in [4.69, 9.17) is 4.42 Å². The fourth-order valence-electron chi connectivity index (χ4n) is 2.99. The fraction of sp³-hybridized carbons (Fsp3) is 0.227. The van der Waals surface area contributed by atoms with Gasteiger partial charge in [-0.05, 0) is 37.2 Å². The van der Waals surface area contributed by atoms with Crippen molar-refractivity contribution >= 4 is 5.91 Å². The minimum absolute atomic E-state index is 0.0199. The van der Waals surface area contributed by atoms with Crippen LogP contribution in [-0.4, -0.2) is 24.4 Å². The average Bonchev–Trinajstić information content (AvgIpc) is 3.05. The monoisotopic (exact) mass is 348 g/mol. The number of carbonyl (C=O) groups excluding carboxylic acids is 1. The van der Waals surface area contributed by atoms with Crippen molar-refractivity contribution in [3.05, 3.63) is 95.4 Å². The molecule has 0 radical (unpaired) electrons. The topological polar surface area (TPSA) is 45.5 Å². The minimum Gasteiger partial charge on any atom is -0.465 e. The third kappa shape index (κ3) is 4.83. The number of hydrogen-bond donors (Lipinski definition) is 1. The number of carbonyl (C=O) groups is 1. The van der Waals surface area contributed by atoms with Gasteiger partial charge in [0.05, 0.1) is 19.1 Å². The van der Waals surface area contributed by atoms with Crippen LogP contribution in [0.4, 0.5) is 0 Å². The summed E-state index contributed by atoms with van der Waals surface area (Å²) in [6.07, 6.45) is 0. The van der Waals surface area contributed by atoms with E-state index in [1.54, 1.807) is 0 Å². The minimum atomic E-state index is -0.163. The summed E-state index contributed by atoms with van der Waals surface area (Å²) in [5, 5.41) is 3.16. The van der Waals surface area contributed by atoms with Gasteiger partial charge in [-0.15, -0.1) is 0 Å². The zero-order valence-corrected chi connectivity index (χ0v) is 15.2. The quantitative estimate of drug-likeness (QED) is 0.704. The lowest BCUT2D eigenvalue weighted by molar-refractivity contribution is -0.122. The highest BCUT2D eigenvalue weighted by atomic mass is 16.3. The van der Waals surface area contributed by atoms with Gasteiger partial charge in [-0.25, -0.2) is 0 Å². The van der Waals surface area contributed by atoms with Crippen molar-refractivity contribution in [1.29, 1.82) is 0 Å². The molecular weight excluding hydrogens is 324 g/mol. The summed E-state index contributed by atoms with van der Waals surface area (Å²) in [4.78, 5) is 14.6. The van der Waals surface area contributed by atoms with Crippen LogP contribution in [0.25, 0.3) is 0 Å². The number of nitrogens with one attached hydrogen (secondary N) is 1. The zero-order valence-electron chi connectivity index (χ0n) is 15.2. The molecule has 1 N–H and O–H groups in total. The molecule has 0 bridgehead atoms. The maximum absolute atomic E-state index is 12.6. The van der Waals surface area contributed by atoms with Crippen molar-refractivity contribution in [3.63, 3.8) is 0 Å². The summed E-state index contributed by atoms with van der Waals surface area (Å²) in [5.41, 5.74) is 2.13. The third-order valence-electron chi connectivity index (χ3n) is 4.21. The van der Waals surface area contributed by atoms with E-state index >= 15 is 0 Å². The second-order valence-corrected chi connectivity index (χ2v) is 6.51. The summed E-state index contributed by atoms with van der Waals surface area (Å²) in [7, 11) is 1.91. The van der Waals surface area contributed by atoms with Gasteiger partial charge < -0.3 is 9.73 Å². The first-order valence-corrected chi connectivity index (χ1v) is 8.75. The molecule has 3 aromatic rings. The maximum Gasteiger partial charge on any atom is 0.234 e. The molecule has 4 heteroatoms. The van der Waals surface area contributed by atoms with Gasteiger partial charge >= 0.3 is 0 Å². The molecule has 0 unspecified atom stereocenters. The van der Waals surface area contributed by atoms with E-state index < -0.39 is 0 Å². The van der Waals surface area contributed by atoms with Crippen LogP contribution in [0, 0.1) is 6.92 Å². The Bertz CT molecular complexity index is 788. The lowest BCUT2D eigenvalue weighted by Crippen LogP contribution is -2.37. The number of benzene rings is 2. The molecule has 0 atom stereocenters. The van der Waals surface area contributed by atoms with E-state index in [0.717, 1.165) is 22.6 Å². The van der Waals surface area contributed by atoms with Gasteiger partial charge in [0, 0.05) is 0 Å². The van der Waals surface area contributed by atoms with Crippen molar-refractivity contribution in [1.82, 2.24) is 10.2 Å². The van der Waals surface area contributed by atoms with Crippen LogP contribution < -0.4 is 5.32 Å². The highest BCUT2D eigenvalue weighted by Crippen LogP contribution is 2.21. The lowest BCUT2D eigenvalue weighted by atomic mass is 9.99. The molecule has 1 aromatic heterocycles. The molecule has 26 heavy (non-hydrogen) atoms. The molecule has 0 aliphatic heterocycles.